The van der Waals surface area contributed by atoms with Gasteiger partial charge in [-0.15, -0.1) is 0 Å². The molecule has 3 aromatic rings. The van der Waals surface area contributed by atoms with E-state index in [9.17, 15) is 9.59 Å². The molecule has 1 N–H and O–H groups in total. The Hall–Kier alpha value is -2.94. The van der Waals surface area contributed by atoms with Crippen molar-refractivity contribution >= 4 is 35.1 Å². The molecule has 1 saturated heterocycles. The molecule has 4 rings (SSSR count). The van der Waals surface area contributed by atoms with E-state index in [-0.39, 0.29) is 19.1 Å². The van der Waals surface area contributed by atoms with Crippen molar-refractivity contribution < 1.29 is 28.5 Å². The van der Waals surface area contributed by atoms with Crippen molar-refractivity contribution in [1.82, 2.24) is 5.32 Å². The van der Waals surface area contributed by atoms with Crippen LogP contribution in [0, 0.1) is 0 Å². The molecule has 0 bridgehead atoms. The van der Waals surface area contributed by atoms with Crippen LogP contribution in [0.1, 0.15) is 18.1 Å². The standard InChI is InChI=1S/C29H29Cl2NO6/c1-18-37-27(28(38-18)29(34)36-16-20-6-4-3-5-7-20)25(32-26(33)17-35-2)12-19-8-10-21(11-9-19)22-13-23(30)15-24(31)14-22/h3-11,13-15,18,25,27-28H,12,16-17H2,1-2H3,(H,32,33)/t18?,25-,27-,28+/m1/s1. The second-order valence-corrected chi connectivity index (χ2v) is 9.86. The van der Waals surface area contributed by atoms with Gasteiger partial charge in [0.1, 0.15) is 19.3 Å². The summed E-state index contributed by atoms with van der Waals surface area (Å²) in [5, 5.41) is 4.04. The predicted molar refractivity (Wildman–Crippen MR) is 145 cm³/mol. The van der Waals surface area contributed by atoms with Crippen LogP contribution >= 0.6 is 23.2 Å². The van der Waals surface area contributed by atoms with E-state index in [1.165, 1.54) is 7.11 Å². The summed E-state index contributed by atoms with van der Waals surface area (Å²) in [7, 11) is 1.44. The number of rotatable bonds is 10. The van der Waals surface area contributed by atoms with Gasteiger partial charge in [0, 0.05) is 17.2 Å². The van der Waals surface area contributed by atoms with Gasteiger partial charge in [0.05, 0.1) is 6.04 Å². The van der Waals surface area contributed by atoms with Crippen LogP contribution in [0.25, 0.3) is 11.1 Å². The van der Waals surface area contributed by atoms with Crippen LogP contribution in [0.4, 0.5) is 0 Å². The van der Waals surface area contributed by atoms with E-state index in [1.54, 1.807) is 13.0 Å². The third-order valence-electron chi connectivity index (χ3n) is 6.07. The lowest BCUT2D eigenvalue weighted by Crippen LogP contribution is -2.51. The van der Waals surface area contributed by atoms with Gasteiger partial charge in [-0.3, -0.25) is 4.79 Å². The first-order chi connectivity index (χ1) is 18.3. The lowest BCUT2D eigenvalue weighted by Gasteiger charge is -2.27. The van der Waals surface area contributed by atoms with E-state index in [1.807, 2.05) is 66.7 Å². The SMILES string of the molecule is COCC(=O)N[C@H](Cc1ccc(-c2cc(Cl)cc(Cl)c2)cc1)[C@H]1OC(C)O[C@@H]1C(=O)OCc1ccccc1. The summed E-state index contributed by atoms with van der Waals surface area (Å²) in [5.74, 6) is -0.885. The summed E-state index contributed by atoms with van der Waals surface area (Å²) in [4.78, 5) is 25.5. The summed E-state index contributed by atoms with van der Waals surface area (Å²) in [6, 6.07) is 21.9. The Bertz CT molecular complexity index is 1220. The van der Waals surface area contributed by atoms with Gasteiger partial charge >= 0.3 is 5.97 Å². The number of hydrogen-bond acceptors (Lipinski definition) is 6. The van der Waals surface area contributed by atoms with Crippen LogP contribution in [0.5, 0.6) is 0 Å². The highest BCUT2D eigenvalue weighted by Crippen LogP contribution is 2.29. The molecule has 4 atom stereocenters. The van der Waals surface area contributed by atoms with Gasteiger partial charge in [-0.1, -0.05) is 77.8 Å². The maximum absolute atomic E-state index is 13.0. The van der Waals surface area contributed by atoms with Gasteiger partial charge in [-0.25, -0.2) is 4.79 Å². The first-order valence-corrected chi connectivity index (χ1v) is 12.9. The number of hydrogen-bond donors (Lipinski definition) is 1. The molecule has 1 fully saturated rings. The van der Waals surface area contributed by atoms with Gasteiger partial charge in [-0.05, 0) is 53.8 Å². The lowest BCUT2D eigenvalue weighted by molar-refractivity contribution is -0.158. The summed E-state index contributed by atoms with van der Waals surface area (Å²) in [6.45, 7) is 1.68. The largest absolute Gasteiger partial charge is 0.459 e. The molecule has 1 aliphatic heterocycles. The number of nitrogens with one attached hydrogen (secondary N) is 1. The molecule has 3 aromatic carbocycles. The average molecular weight is 558 g/mol. The first-order valence-electron chi connectivity index (χ1n) is 12.2. The molecule has 0 aromatic heterocycles. The van der Waals surface area contributed by atoms with E-state index in [0.717, 1.165) is 22.3 Å². The third-order valence-corrected chi connectivity index (χ3v) is 6.50. The summed E-state index contributed by atoms with van der Waals surface area (Å²) >= 11 is 12.3. The fraction of sp³-hybridized carbons (Fsp3) is 0.310. The topological polar surface area (TPSA) is 83.1 Å². The third kappa shape index (κ3) is 7.56. The molecular weight excluding hydrogens is 529 g/mol. The highest BCUT2D eigenvalue weighted by Gasteiger charge is 2.45. The summed E-state index contributed by atoms with van der Waals surface area (Å²) in [5.41, 5.74) is 3.61. The summed E-state index contributed by atoms with van der Waals surface area (Å²) in [6.07, 6.45) is -2.03. The smallest absolute Gasteiger partial charge is 0.338 e. The molecule has 0 aliphatic carbocycles. The zero-order valence-corrected chi connectivity index (χ0v) is 22.6. The van der Waals surface area contributed by atoms with Crippen molar-refractivity contribution in [2.24, 2.45) is 0 Å². The van der Waals surface area contributed by atoms with Crippen molar-refractivity contribution in [3.63, 3.8) is 0 Å². The number of benzene rings is 3. The van der Waals surface area contributed by atoms with E-state index < -0.39 is 30.5 Å². The minimum absolute atomic E-state index is 0.107. The van der Waals surface area contributed by atoms with Crippen LogP contribution < -0.4 is 5.32 Å². The molecule has 1 aliphatic rings. The van der Waals surface area contributed by atoms with Gasteiger partial charge in [-0.2, -0.15) is 0 Å². The Kier molecular flexibility index (Phi) is 9.77. The number of halogens is 2. The highest BCUT2D eigenvalue weighted by molar-refractivity contribution is 6.35. The number of methoxy groups -OCH3 is 1. The van der Waals surface area contributed by atoms with E-state index in [4.69, 9.17) is 42.1 Å². The maximum Gasteiger partial charge on any atom is 0.338 e. The molecule has 0 radical (unpaired) electrons. The minimum Gasteiger partial charge on any atom is -0.459 e. The van der Waals surface area contributed by atoms with Crippen molar-refractivity contribution in [3.8, 4) is 11.1 Å². The molecule has 200 valence electrons. The number of carbonyl (C=O) groups excluding carboxylic acids is 2. The molecule has 1 unspecified atom stereocenters. The van der Waals surface area contributed by atoms with Crippen molar-refractivity contribution in [2.45, 2.75) is 44.5 Å². The number of esters is 1. The summed E-state index contributed by atoms with van der Waals surface area (Å²) < 4.78 is 22.3. The Morgan fingerprint density at radius 2 is 1.61 bits per heavy atom. The van der Waals surface area contributed by atoms with Gasteiger partial charge < -0.3 is 24.3 Å². The normalized spacial score (nSPS) is 19.6. The van der Waals surface area contributed by atoms with Crippen LogP contribution in [0.15, 0.2) is 72.8 Å². The van der Waals surface area contributed by atoms with Crippen LogP contribution in [0.2, 0.25) is 10.0 Å². The average Bonchev–Trinajstić information content (AvgIpc) is 3.29. The Morgan fingerprint density at radius 3 is 2.26 bits per heavy atom. The molecule has 0 spiro atoms. The minimum atomic E-state index is -1.01. The van der Waals surface area contributed by atoms with Crippen LogP contribution in [0.3, 0.4) is 0 Å². The lowest BCUT2D eigenvalue weighted by atomic mass is 9.96. The van der Waals surface area contributed by atoms with Gasteiger partial charge in [0.25, 0.3) is 0 Å². The van der Waals surface area contributed by atoms with Crippen LogP contribution in [-0.2, 0) is 41.6 Å². The molecule has 9 heteroatoms. The Balaban J connectivity index is 1.51. The van der Waals surface area contributed by atoms with E-state index in [0.29, 0.717) is 16.5 Å². The van der Waals surface area contributed by atoms with E-state index >= 15 is 0 Å². The Morgan fingerprint density at radius 1 is 0.921 bits per heavy atom. The molecular formula is C29H29Cl2NO6. The predicted octanol–water partition coefficient (Wildman–Crippen LogP) is 5.21. The Labute approximate surface area is 231 Å². The zero-order chi connectivity index (χ0) is 27.1. The number of ether oxygens (including phenoxy) is 4. The highest BCUT2D eigenvalue weighted by atomic mass is 35.5. The number of amides is 1. The molecule has 38 heavy (non-hydrogen) atoms. The number of carbonyl (C=O) groups is 2. The fourth-order valence-electron chi connectivity index (χ4n) is 4.35. The second-order valence-electron chi connectivity index (χ2n) is 8.98. The maximum atomic E-state index is 13.0. The van der Waals surface area contributed by atoms with Gasteiger partial charge in [0.2, 0.25) is 5.91 Å². The molecule has 0 saturated carbocycles. The van der Waals surface area contributed by atoms with Crippen LogP contribution in [-0.4, -0.2) is 50.1 Å². The second kappa shape index (κ2) is 13.2. The monoisotopic (exact) mass is 557 g/mol. The molecule has 7 nitrogen and oxygen atoms in total. The molecule has 1 amide bonds. The van der Waals surface area contributed by atoms with E-state index in [2.05, 4.69) is 5.32 Å². The fourth-order valence-corrected chi connectivity index (χ4v) is 4.88. The molecule has 1 heterocycles. The zero-order valence-electron chi connectivity index (χ0n) is 21.1. The first kappa shape index (κ1) is 28.1. The van der Waals surface area contributed by atoms with Crippen molar-refractivity contribution in [1.29, 1.82) is 0 Å². The van der Waals surface area contributed by atoms with Crippen molar-refractivity contribution in [3.05, 3.63) is 94.0 Å². The van der Waals surface area contributed by atoms with Crippen molar-refractivity contribution in [2.75, 3.05) is 13.7 Å². The quantitative estimate of drug-likeness (QED) is 0.344. The van der Waals surface area contributed by atoms with Gasteiger partial charge in [0.15, 0.2) is 12.4 Å².